The summed E-state index contributed by atoms with van der Waals surface area (Å²) in [4.78, 5) is -0.0965. The van der Waals surface area contributed by atoms with Crippen LogP contribution in [0.3, 0.4) is 0 Å². The van der Waals surface area contributed by atoms with Crippen LogP contribution in [0.15, 0.2) is 0 Å². The molecule has 1 fully saturated rings. The van der Waals surface area contributed by atoms with Crippen LogP contribution in [0, 0.1) is 34.6 Å². The maximum absolute atomic E-state index is 12.4. The molecule has 1 aromatic rings. The Morgan fingerprint density at radius 2 is 1.38 bits per heavy atom. The second-order valence-electron chi connectivity index (χ2n) is 6.34. The molecule has 0 N–H and O–H groups in total. The number of rotatable bonds is 2. The molecule has 1 aliphatic rings. The van der Waals surface area contributed by atoms with Crippen molar-refractivity contribution >= 4 is 25.8 Å². The predicted molar refractivity (Wildman–Crippen MR) is 93.2 cm³/mol. The number of sulfone groups is 1. The summed E-state index contributed by atoms with van der Waals surface area (Å²) in [5.74, 6) is 0.335. The number of alkyl halides is 1. The predicted octanol–water partition coefficient (Wildman–Crippen LogP) is 4.63. The van der Waals surface area contributed by atoms with Crippen LogP contribution in [0.2, 0.25) is 0 Å². The van der Waals surface area contributed by atoms with Crippen LogP contribution < -0.4 is 0 Å². The summed E-state index contributed by atoms with van der Waals surface area (Å²) in [6, 6.07) is 0. The van der Waals surface area contributed by atoms with Gasteiger partial charge >= 0.3 is 0 Å². The van der Waals surface area contributed by atoms with Gasteiger partial charge in [0.1, 0.15) is 0 Å². The van der Waals surface area contributed by atoms with Gasteiger partial charge in [0.05, 0.1) is 15.8 Å². The van der Waals surface area contributed by atoms with E-state index >= 15 is 0 Å². The summed E-state index contributed by atoms with van der Waals surface area (Å²) < 4.78 is 24.9. The first-order chi connectivity index (χ1) is 9.68. The molecule has 1 aliphatic heterocycles. The van der Waals surface area contributed by atoms with Crippen molar-refractivity contribution in [2.24, 2.45) is 0 Å². The molecule has 2 nitrogen and oxygen atoms in total. The van der Waals surface area contributed by atoms with E-state index in [1.54, 1.807) is 0 Å². The first-order valence-corrected chi connectivity index (χ1v) is 10.2. The highest BCUT2D eigenvalue weighted by molar-refractivity contribution is 9.09. The monoisotopic (exact) mass is 372 g/mol. The molecule has 2 unspecified atom stereocenters. The first kappa shape index (κ1) is 17.0. The fraction of sp³-hybridized carbons (Fsp3) is 0.647. The number of hydrogen-bond acceptors (Lipinski definition) is 2. The smallest absolute Gasteiger partial charge is 0.154 e. The fourth-order valence-corrected chi connectivity index (χ4v) is 7.31. The van der Waals surface area contributed by atoms with Gasteiger partial charge in [0.15, 0.2) is 9.84 Å². The summed E-state index contributed by atoms with van der Waals surface area (Å²) in [5.41, 5.74) is 7.54. The third kappa shape index (κ3) is 2.94. The molecule has 2 atom stereocenters. The molecule has 0 aliphatic carbocycles. The van der Waals surface area contributed by atoms with Crippen LogP contribution in [0.5, 0.6) is 0 Å². The van der Waals surface area contributed by atoms with Crippen LogP contribution in [0.4, 0.5) is 0 Å². The standard InChI is InChI=1S/C17H25BrO2S/c1-10-11(2)13(4)16(14(5)12(10)3)17(18)15-8-6-7-9-21(15,19)20/h15,17H,6-9H2,1-5H3. The van der Waals surface area contributed by atoms with Crippen molar-refractivity contribution in [3.63, 3.8) is 0 Å². The molecular weight excluding hydrogens is 348 g/mol. The molecule has 1 aromatic carbocycles. The van der Waals surface area contributed by atoms with Crippen LogP contribution in [-0.2, 0) is 9.84 Å². The highest BCUT2D eigenvalue weighted by Gasteiger charge is 2.36. The van der Waals surface area contributed by atoms with Gasteiger partial charge in [-0.05, 0) is 80.8 Å². The van der Waals surface area contributed by atoms with Crippen molar-refractivity contribution in [2.75, 3.05) is 5.75 Å². The molecule has 1 saturated heterocycles. The molecule has 0 spiro atoms. The van der Waals surface area contributed by atoms with Gasteiger partial charge in [-0.1, -0.05) is 22.4 Å². The maximum Gasteiger partial charge on any atom is 0.154 e. The highest BCUT2D eigenvalue weighted by Crippen LogP contribution is 2.41. The summed E-state index contributed by atoms with van der Waals surface area (Å²) >= 11 is 3.74. The number of hydrogen-bond donors (Lipinski definition) is 0. The van der Waals surface area contributed by atoms with E-state index in [1.807, 2.05) is 0 Å². The van der Waals surface area contributed by atoms with Gasteiger partial charge in [-0.2, -0.15) is 0 Å². The Morgan fingerprint density at radius 3 is 1.86 bits per heavy atom. The molecular formula is C17H25BrO2S. The van der Waals surface area contributed by atoms with Crippen molar-refractivity contribution in [1.82, 2.24) is 0 Å². The minimum atomic E-state index is -2.99. The zero-order chi connectivity index (χ0) is 15.9. The molecule has 118 valence electrons. The van der Waals surface area contributed by atoms with Crippen molar-refractivity contribution in [1.29, 1.82) is 0 Å². The zero-order valence-electron chi connectivity index (χ0n) is 13.6. The second kappa shape index (κ2) is 6.04. The molecule has 2 rings (SSSR count). The van der Waals surface area contributed by atoms with E-state index in [1.165, 1.54) is 33.4 Å². The van der Waals surface area contributed by atoms with Gasteiger partial charge < -0.3 is 0 Å². The maximum atomic E-state index is 12.4. The summed E-state index contributed by atoms with van der Waals surface area (Å²) in [7, 11) is -2.99. The largest absolute Gasteiger partial charge is 0.228 e. The Kier molecular flexibility index (Phi) is 4.89. The van der Waals surface area contributed by atoms with Crippen molar-refractivity contribution < 1.29 is 8.42 Å². The average Bonchev–Trinajstić information content (AvgIpc) is 2.42. The summed E-state index contributed by atoms with van der Waals surface area (Å²) in [6.45, 7) is 10.7. The van der Waals surface area contributed by atoms with E-state index in [9.17, 15) is 8.42 Å². The fourth-order valence-electron chi connectivity index (χ4n) is 3.44. The molecule has 0 amide bonds. The quantitative estimate of drug-likeness (QED) is 0.709. The molecule has 4 heteroatoms. The van der Waals surface area contributed by atoms with Crippen molar-refractivity contribution in [3.05, 3.63) is 33.4 Å². The topological polar surface area (TPSA) is 34.1 Å². The van der Waals surface area contributed by atoms with E-state index < -0.39 is 9.84 Å². The van der Waals surface area contributed by atoms with Crippen LogP contribution in [0.25, 0.3) is 0 Å². The Labute approximate surface area is 137 Å². The Hall–Kier alpha value is -0.350. The van der Waals surface area contributed by atoms with E-state index in [4.69, 9.17) is 0 Å². The minimum absolute atomic E-state index is 0.0965. The first-order valence-electron chi connectivity index (χ1n) is 7.61. The Morgan fingerprint density at radius 1 is 0.905 bits per heavy atom. The van der Waals surface area contributed by atoms with Gasteiger partial charge in [-0.15, -0.1) is 0 Å². The lowest BCUT2D eigenvalue weighted by molar-refractivity contribution is 0.536. The van der Waals surface area contributed by atoms with Gasteiger partial charge in [0.2, 0.25) is 0 Å². The molecule has 0 aromatic heterocycles. The third-order valence-electron chi connectivity index (χ3n) is 5.29. The van der Waals surface area contributed by atoms with Crippen LogP contribution >= 0.6 is 15.9 Å². The lowest BCUT2D eigenvalue weighted by atomic mass is 9.87. The molecule has 0 radical (unpaired) electrons. The number of benzene rings is 1. The highest BCUT2D eigenvalue weighted by atomic mass is 79.9. The molecule has 1 heterocycles. The Balaban J connectivity index is 2.56. The van der Waals surface area contributed by atoms with Gasteiger partial charge in [-0.3, -0.25) is 0 Å². The lowest BCUT2D eigenvalue weighted by Gasteiger charge is -2.30. The van der Waals surface area contributed by atoms with Crippen molar-refractivity contribution in [2.45, 2.75) is 64.0 Å². The summed E-state index contributed by atoms with van der Waals surface area (Å²) in [6.07, 6.45) is 2.58. The SMILES string of the molecule is Cc1c(C)c(C)c(C(Br)C2CCCCS2(=O)=O)c(C)c1C. The third-order valence-corrected chi connectivity index (χ3v) is 9.02. The van der Waals surface area contributed by atoms with Crippen LogP contribution in [0.1, 0.15) is 57.5 Å². The molecule has 0 bridgehead atoms. The second-order valence-corrected chi connectivity index (χ2v) is 9.67. The van der Waals surface area contributed by atoms with Crippen LogP contribution in [-0.4, -0.2) is 19.4 Å². The number of halogens is 1. The van der Waals surface area contributed by atoms with Gasteiger partial charge in [0, 0.05) is 0 Å². The lowest BCUT2D eigenvalue weighted by Crippen LogP contribution is -2.32. The van der Waals surface area contributed by atoms with E-state index in [0.29, 0.717) is 5.75 Å². The molecule has 21 heavy (non-hydrogen) atoms. The molecule has 0 saturated carbocycles. The van der Waals surface area contributed by atoms with E-state index in [-0.39, 0.29) is 10.1 Å². The average molecular weight is 373 g/mol. The van der Waals surface area contributed by atoms with E-state index in [2.05, 4.69) is 50.5 Å². The Bertz CT molecular complexity index is 633. The van der Waals surface area contributed by atoms with Crippen molar-refractivity contribution in [3.8, 4) is 0 Å². The van der Waals surface area contributed by atoms with Gasteiger partial charge in [0.25, 0.3) is 0 Å². The minimum Gasteiger partial charge on any atom is -0.228 e. The van der Waals surface area contributed by atoms with Gasteiger partial charge in [-0.25, -0.2) is 8.42 Å². The summed E-state index contributed by atoms with van der Waals surface area (Å²) in [5, 5.41) is -0.287. The normalized spacial score (nSPS) is 23.0. The van der Waals surface area contributed by atoms with E-state index in [0.717, 1.165) is 19.3 Å². The zero-order valence-corrected chi connectivity index (χ0v) is 16.0.